The molecule has 1 atom stereocenters. The number of nitrogens with zero attached hydrogens (tertiary/aromatic N) is 4. The Morgan fingerprint density at radius 3 is 2.46 bits per heavy atom. The molecule has 0 radical (unpaired) electrons. The number of likely N-dealkylation sites (N-methyl/N-ethyl adjacent to an activating group) is 1. The van der Waals surface area contributed by atoms with Crippen LogP contribution in [0, 0.1) is 13.8 Å². The monoisotopic (exact) mass is 554 g/mol. The Balaban J connectivity index is 1.60. The number of likely N-dealkylation sites (tertiary alicyclic amines) is 1. The van der Waals surface area contributed by atoms with E-state index in [1.54, 1.807) is 25.3 Å². The topological polar surface area (TPSA) is 96.6 Å². The SMILES string of the molecule is COc1cc(C2C(=C(O)c3nc4c(C)cccn4c3C)C(=O)C(=O)N2CCN(C)C)ccc1OCc1ccccc1. The normalized spacial score (nSPS) is 16.6. The van der Waals surface area contributed by atoms with E-state index in [0.717, 1.165) is 11.1 Å². The molecular formula is C32H34N4O5. The van der Waals surface area contributed by atoms with Crippen LogP contribution in [0.1, 0.15) is 34.1 Å². The van der Waals surface area contributed by atoms with Crippen molar-refractivity contribution in [3.63, 3.8) is 0 Å². The van der Waals surface area contributed by atoms with Gasteiger partial charge in [-0.1, -0.05) is 42.5 Å². The summed E-state index contributed by atoms with van der Waals surface area (Å²) in [7, 11) is 5.34. The summed E-state index contributed by atoms with van der Waals surface area (Å²) in [6.45, 7) is 4.93. The number of aromatic nitrogens is 2. The fourth-order valence-corrected chi connectivity index (χ4v) is 5.15. The molecule has 1 aliphatic rings. The number of hydrogen-bond acceptors (Lipinski definition) is 7. The van der Waals surface area contributed by atoms with Crippen LogP contribution in [0.3, 0.4) is 0 Å². The van der Waals surface area contributed by atoms with E-state index in [1.807, 2.05) is 85.9 Å². The van der Waals surface area contributed by atoms with Gasteiger partial charge in [-0.2, -0.15) is 0 Å². The largest absolute Gasteiger partial charge is 0.505 e. The van der Waals surface area contributed by atoms with Crippen molar-refractivity contribution in [3.8, 4) is 11.5 Å². The summed E-state index contributed by atoms with van der Waals surface area (Å²) in [6, 6.07) is 18.1. The van der Waals surface area contributed by atoms with Crippen LogP contribution >= 0.6 is 0 Å². The van der Waals surface area contributed by atoms with E-state index < -0.39 is 17.7 Å². The molecule has 1 amide bonds. The number of methoxy groups -OCH3 is 1. The van der Waals surface area contributed by atoms with E-state index >= 15 is 0 Å². The number of pyridine rings is 1. The van der Waals surface area contributed by atoms with Gasteiger partial charge in [0.25, 0.3) is 11.7 Å². The number of Topliss-reactive ketones (excluding diaryl/α,β-unsaturated/α-hetero) is 1. The minimum Gasteiger partial charge on any atom is -0.505 e. The van der Waals surface area contributed by atoms with Crippen LogP contribution < -0.4 is 9.47 Å². The number of hydrogen-bond donors (Lipinski definition) is 1. The number of aryl methyl sites for hydroxylation is 2. The van der Waals surface area contributed by atoms with E-state index in [-0.39, 0.29) is 23.6 Å². The van der Waals surface area contributed by atoms with Gasteiger partial charge in [0.2, 0.25) is 0 Å². The molecule has 0 aliphatic carbocycles. The first-order valence-corrected chi connectivity index (χ1v) is 13.4. The van der Waals surface area contributed by atoms with Crippen LogP contribution in [0.2, 0.25) is 0 Å². The van der Waals surface area contributed by atoms with Crippen molar-refractivity contribution in [3.05, 3.63) is 101 Å². The maximum absolute atomic E-state index is 13.5. The van der Waals surface area contributed by atoms with Gasteiger partial charge in [-0.15, -0.1) is 0 Å². The van der Waals surface area contributed by atoms with Gasteiger partial charge in [-0.05, 0) is 62.8 Å². The number of amides is 1. The minimum atomic E-state index is -0.836. The number of carbonyl (C=O) groups is 2. The number of ether oxygens (including phenoxy) is 2. The summed E-state index contributed by atoms with van der Waals surface area (Å²) >= 11 is 0. The zero-order valence-corrected chi connectivity index (χ0v) is 23.9. The number of fused-ring (bicyclic) bond motifs is 1. The average Bonchev–Trinajstić information content (AvgIpc) is 3.44. The van der Waals surface area contributed by atoms with Gasteiger partial charge in [-0.3, -0.25) is 9.59 Å². The molecule has 1 unspecified atom stereocenters. The quantitative estimate of drug-likeness (QED) is 0.185. The summed E-state index contributed by atoms with van der Waals surface area (Å²) in [4.78, 5) is 35.0. The second-order valence-corrected chi connectivity index (χ2v) is 10.4. The molecule has 41 heavy (non-hydrogen) atoms. The molecule has 2 aromatic carbocycles. The Hall–Kier alpha value is -4.63. The smallest absolute Gasteiger partial charge is 0.295 e. The van der Waals surface area contributed by atoms with Gasteiger partial charge >= 0.3 is 0 Å². The van der Waals surface area contributed by atoms with Gasteiger partial charge in [0, 0.05) is 19.3 Å². The number of aliphatic hydroxyl groups is 1. The van der Waals surface area contributed by atoms with E-state index in [0.29, 0.717) is 41.6 Å². The highest BCUT2D eigenvalue weighted by atomic mass is 16.5. The van der Waals surface area contributed by atoms with Crippen molar-refractivity contribution < 1.29 is 24.2 Å². The predicted octanol–water partition coefficient (Wildman–Crippen LogP) is 4.52. The molecule has 0 bridgehead atoms. The van der Waals surface area contributed by atoms with Crippen LogP contribution in [-0.2, 0) is 16.2 Å². The van der Waals surface area contributed by atoms with E-state index in [1.165, 1.54) is 4.90 Å². The number of aliphatic hydroxyl groups excluding tert-OH is 1. The molecule has 1 aliphatic heterocycles. The van der Waals surface area contributed by atoms with Gasteiger partial charge < -0.3 is 28.8 Å². The molecule has 2 aromatic heterocycles. The Morgan fingerprint density at radius 2 is 1.78 bits per heavy atom. The molecule has 9 nitrogen and oxygen atoms in total. The predicted molar refractivity (Wildman–Crippen MR) is 156 cm³/mol. The van der Waals surface area contributed by atoms with Crippen LogP contribution in [0.5, 0.6) is 11.5 Å². The first-order valence-electron chi connectivity index (χ1n) is 13.4. The molecule has 3 heterocycles. The zero-order valence-electron chi connectivity index (χ0n) is 23.9. The lowest BCUT2D eigenvalue weighted by atomic mass is 9.96. The fourth-order valence-electron chi connectivity index (χ4n) is 5.15. The molecule has 0 saturated carbocycles. The maximum atomic E-state index is 13.5. The highest BCUT2D eigenvalue weighted by molar-refractivity contribution is 6.46. The van der Waals surface area contributed by atoms with Crippen molar-refractivity contribution in [2.75, 3.05) is 34.3 Å². The maximum Gasteiger partial charge on any atom is 0.295 e. The summed E-state index contributed by atoms with van der Waals surface area (Å²) in [5, 5.41) is 11.6. The lowest BCUT2D eigenvalue weighted by Gasteiger charge is -2.27. The first-order chi connectivity index (χ1) is 19.7. The lowest BCUT2D eigenvalue weighted by molar-refractivity contribution is -0.140. The van der Waals surface area contributed by atoms with E-state index in [4.69, 9.17) is 9.47 Å². The van der Waals surface area contributed by atoms with Crippen LogP contribution in [-0.4, -0.2) is 70.3 Å². The highest BCUT2D eigenvalue weighted by Crippen LogP contribution is 2.42. The number of rotatable bonds is 9. The Labute approximate surface area is 239 Å². The van der Waals surface area contributed by atoms with Crippen LogP contribution in [0.4, 0.5) is 0 Å². The van der Waals surface area contributed by atoms with Crippen LogP contribution in [0.15, 0.2) is 72.4 Å². The highest BCUT2D eigenvalue weighted by Gasteiger charge is 2.46. The molecular weight excluding hydrogens is 520 g/mol. The fraction of sp³-hybridized carbons (Fsp3) is 0.281. The third-order valence-corrected chi connectivity index (χ3v) is 7.38. The molecule has 1 N–H and O–H groups in total. The second-order valence-electron chi connectivity index (χ2n) is 10.4. The summed E-state index contributed by atoms with van der Waals surface area (Å²) in [5.74, 6) is -0.736. The van der Waals surface area contributed by atoms with Gasteiger partial charge in [0.05, 0.1) is 24.4 Å². The van der Waals surface area contributed by atoms with Crippen molar-refractivity contribution in [1.29, 1.82) is 0 Å². The third-order valence-electron chi connectivity index (χ3n) is 7.38. The van der Waals surface area contributed by atoms with Gasteiger partial charge in [-0.25, -0.2) is 4.98 Å². The van der Waals surface area contributed by atoms with Crippen LogP contribution in [0.25, 0.3) is 11.4 Å². The Morgan fingerprint density at radius 1 is 1.02 bits per heavy atom. The molecule has 9 heteroatoms. The molecule has 5 rings (SSSR count). The zero-order chi connectivity index (χ0) is 29.3. The summed E-state index contributed by atoms with van der Waals surface area (Å²) in [6.07, 6.45) is 1.85. The standard InChI is InChI=1S/C32H34N4O5/c1-20-10-9-15-35-21(2)27(33-31(20)35)29(37)26-28(36(17-16-34(3)4)32(39)30(26)38)23-13-14-24(25(18-23)40-5)41-19-22-11-7-6-8-12-22/h6-15,18,28,37H,16-17,19H2,1-5H3. The number of ketones is 1. The molecule has 0 spiro atoms. The Kier molecular flexibility index (Phi) is 7.81. The number of carbonyl (C=O) groups excluding carboxylic acids is 2. The second kappa shape index (κ2) is 11.5. The molecule has 1 saturated heterocycles. The lowest BCUT2D eigenvalue weighted by Crippen LogP contribution is -2.35. The van der Waals surface area contributed by atoms with Gasteiger partial charge in [0.15, 0.2) is 17.3 Å². The first kappa shape index (κ1) is 27.9. The number of imidazole rings is 1. The minimum absolute atomic E-state index is 0.00192. The number of benzene rings is 2. The van der Waals surface area contributed by atoms with Crippen molar-refractivity contribution >= 4 is 23.1 Å². The molecule has 1 fully saturated rings. The molecule has 4 aromatic rings. The average molecular weight is 555 g/mol. The third kappa shape index (κ3) is 5.28. The van der Waals surface area contributed by atoms with E-state index in [2.05, 4.69) is 4.98 Å². The summed E-state index contributed by atoms with van der Waals surface area (Å²) in [5.41, 5.74) is 4.16. The summed E-state index contributed by atoms with van der Waals surface area (Å²) < 4.78 is 13.6. The Bertz CT molecular complexity index is 1640. The molecule has 212 valence electrons. The van der Waals surface area contributed by atoms with Gasteiger partial charge in [0.1, 0.15) is 17.9 Å². The van der Waals surface area contributed by atoms with Crippen molar-refractivity contribution in [2.45, 2.75) is 26.5 Å². The van der Waals surface area contributed by atoms with Crippen molar-refractivity contribution in [1.82, 2.24) is 19.2 Å². The van der Waals surface area contributed by atoms with Crippen molar-refractivity contribution in [2.24, 2.45) is 0 Å². The van der Waals surface area contributed by atoms with E-state index in [9.17, 15) is 14.7 Å².